The third-order valence-electron chi connectivity index (χ3n) is 5.82. The zero-order valence-corrected chi connectivity index (χ0v) is 17.1. The fourth-order valence-electron chi connectivity index (χ4n) is 4.01. The molecule has 0 spiro atoms. The lowest BCUT2D eigenvalue weighted by Crippen LogP contribution is -2.21. The Labute approximate surface area is 170 Å². The monoisotopic (exact) mass is 390 g/mol. The summed E-state index contributed by atoms with van der Waals surface area (Å²) >= 11 is 0. The molecule has 2 aromatic heterocycles. The first-order chi connectivity index (χ1) is 14.0. The van der Waals surface area contributed by atoms with E-state index in [2.05, 4.69) is 34.8 Å². The molecule has 1 atom stereocenters. The van der Waals surface area contributed by atoms with Crippen LogP contribution < -0.4 is 10.3 Å². The molecule has 0 radical (unpaired) electrons. The minimum absolute atomic E-state index is 0.129. The van der Waals surface area contributed by atoms with Gasteiger partial charge in [0, 0.05) is 31.3 Å². The smallest absolute Gasteiger partial charge is 0.251 e. The number of hydrogen-bond donors (Lipinski definition) is 1. The lowest BCUT2D eigenvalue weighted by molar-refractivity contribution is 0.325. The molecule has 4 rings (SSSR count). The van der Waals surface area contributed by atoms with E-state index in [1.54, 1.807) is 19.4 Å². The molecule has 0 bridgehead atoms. The molecule has 1 aliphatic heterocycles. The van der Waals surface area contributed by atoms with Crippen LogP contribution >= 0.6 is 0 Å². The lowest BCUT2D eigenvalue weighted by Gasteiger charge is -2.19. The van der Waals surface area contributed by atoms with Gasteiger partial charge in [-0.15, -0.1) is 0 Å². The molecule has 1 N–H and O–H groups in total. The third kappa shape index (κ3) is 4.07. The van der Waals surface area contributed by atoms with Gasteiger partial charge in [0.15, 0.2) is 5.82 Å². The van der Waals surface area contributed by atoms with E-state index in [4.69, 9.17) is 9.72 Å². The van der Waals surface area contributed by atoms with Crippen molar-refractivity contribution in [2.24, 2.45) is 0 Å². The van der Waals surface area contributed by atoms with Crippen molar-refractivity contribution < 1.29 is 4.74 Å². The predicted molar refractivity (Wildman–Crippen MR) is 113 cm³/mol. The fraction of sp³-hybridized carbons (Fsp3) is 0.348. The van der Waals surface area contributed by atoms with E-state index < -0.39 is 0 Å². The van der Waals surface area contributed by atoms with Crippen LogP contribution in [0.1, 0.15) is 34.7 Å². The van der Waals surface area contributed by atoms with Crippen LogP contribution in [0.3, 0.4) is 0 Å². The highest BCUT2D eigenvalue weighted by Gasteiger charge is 2.26. The number of hydrogen-bond acceptors (Lipinski definition) is 5. The van der Waals surface area contributed by atoms with Crippen molar-refractivity contribution >= 4 is 0 Å². The fourth-order valence-corrected chi connectivity index (χ4v) is 4.01. The topological polar surface area (TPSA) is 71.1 Å². The summed E-state index contributed by atoms with van der Waals surface area (Å²) in [6.07, 6.45) is 2.70. The Kier molecular flexibility index (Phi) is 5.45. The second-order valence-corrected chi connectivity index (χ2v) is 7.63. The van der Waals surface area contributed by atoms with Gasteiger partial charge in [-0.2, -0.15) is 0 Å². The number of likely N-dealkylation sites (tertiary alicyclic amines) is 1. The highest BCUT2D eigenvalue weighted by molar-refractivity contribution is 5.48. The minimum atomic E-state index is -0.129. The van der Waals surface area contributed by atoms with Crippen molar-refractivity contribution in [1.82, 2.24) is 19.9 Å². The van der Waals surface area contributed by atoms with Gasteiger partial charge in [-0.3, -0.25) is 14.7 Å². The summed E-state index contributed by atoms with van der Waals surface area (Å²) in [5.74, 6) is 1.72. The molecule has 3 heterocycles. The number of nitrogens with zero attached hydrogens (tertiary/aromatic N) is 3. The second-order valence-electron chi connectivity index (χ2n) is 7.63. The molecule has 1 saturated heterocycles. The quantitative estimate of drug-likeness (QED) is 0.723. The number of ether oxygens (including phenoxy) is 1. The van der Waals surface area contributed by atoms with Crippen molar-refractivity contribution in [1.29, 1.82) is 0 Å². The van der Waals surface area contributed by atoms with E-state index in [0.29, 0.717) is 11.5 Å². The Morgan fingerprint density at radius 1 is 1.21 bits per heavy atom. The normalized spacial score (nSPS) is 16.9. The lowest BCUT2D eigenvalue weighted by atomic mass is 10.0. The Bertz CT molecular complexity index is 1060. The number of nitrogens with one attached hydrogen (secondary N) is 1. The summed E-state index contributed by atoms with van der Waals surface area (Å²) in [6, 6.07) is 11.4. The number of rotatable bonds is 5. The van der Waals surface area contributed by atoms with Gasteiger partial charge in [0.05, 0.1) is 12.8 Å². The predicted octanol–water partition coefficient (Wildman–Crippen LogP) is 3.45. The maximum absolute atomic E-state index is 12.2. The molecule has 6 nitrogen and oxygen atoms in total. The van der Waals surface area contributed by atoms with Gasteiger partial charge in [0.2, 0.25) is 0 Å². The zero-order chi connectivity index (χ0) is 20.4. The summed E-state index contributed by atoms with van der Waals surface area (Å²) in [7, 11) is 1.71. The third-order valence-corrected chi connectivity index (χ3v) is 5.82. The van der Waals surface area contributed by atoms with Crippen LogP contribution in [0.4, 0.5) is 0 Å². The number of pyridine rings is 1. The zero-order valence-electron chi connectivity index (χ0n) is 17.1. The number of aromatic nitrogens is 3. The maximum Gasteiger partial charge on any atom is 0.251 e. The molecule has 3 aromatic rings. The Morgan fingerprint density at radius 3 is 2.83 bits per heavy atom. The number of aromatic amines is 1. The van der Waals surface area contributed by atoms with Gasteiger partial charge in [0.25, 0.3) is 5.56 Å². The molecule has 0 saturated carbocycles. The molecule has 0 aliphatic carbocycles. The Balaban J connectivity index is 1.51. The largest absolute Gasteiger partial charge is 0.496 e. The molecule has 0 amide bonds. The van der Waals surface area contributed by atoms with Crippen molar-refractivity contribution in [2.45, 2.75) is 32.7 Å². The van der Waals surface area contributed by atoms with E-state index in [-0.39, 0.29) is 11.5 Å². The Morgan fingerprint density at radius 2 is 2.07 bits per heavy atom. The molecular weight excluding hydrogens is 364 g/mol. The molecule has 1 aromatic carbocycles. The average Bonchev–Trinajstić information content (AvgIpc) is 3.20. The molecule has 29 heavy (non-hydrogen) atoms. The first kappa shape index (κ1) is 19.3. The second kappa shape index (κ2) is 8.17. The number of benzene rings is 1. The van der Waals surface area contributed by atoms with Crippen molar-refractivity contribution in [3.63, 3.8) is 0 Å². The van der Waals surface area contributed by atoms with E-state index in [1.165, 1.54) is 16.7 Å². The summed E-state index contributed by atoms with van der Waals surface area (Å²) in [6.45, 7) is 7.02. The molecule has 6 heteroatoms. The summed E-state index contributed by atoms with van der Waals surface area (Å²) in [4.78, 5) is 26.5. The first-order valence-corrected chi connectivity index (χ1v) is 9.93. The molecule has 1 aliphatic rings. The Hall–Kier alpha value is -2.99. The summed E-state index contributed by atoms with van der Waals surface area (Å²) in [5, 5.41) is 0. The number of methoxy groups -OCH3 is 1. The van der Waals surface area contributed by atoms with Gasteiger partial charge < -0.3 is 9.72 Å². The van der Waals surface area contributed by atoms with Crippen LogP contribution in [-0.2, 0) is 6.54 Å². The van der Waals surface area contributed by atoms with Crippen LogP contribution in [0.15, 0.2) is 47.4 Å². The van der Waals surface area contributed by atoms with Crippen LogP contribution in [0.2, 0.25) is 0 Å². The SMILES string of the molecule is COc1ccc(CN2CC[C@@H](c3cc(=O)[nH]c(-c4ccccn4)n3)C2)c(C)c1C. The highest BCUT2D eigenvalue weighted by atomic mass is 16.5. The van der Waals surface area contributed by atoms with Gasteiger partial charge in [-0.1, -0.05) is 12.1 Å². The molecule has 150 valence electrons. The van der Waals surface area contributed by atoms with Gasteiger partial charge in [-0.05, 0) is 61.7 Å². The molecule has 0 unspecified atom stereocenters. The maximum atomic E-state index is 12.2. The van der Waals surface area contributed by atoms with E-state index in [9.17, 15) is 4.79 Å². The van der Waals surface area contributed by atoms with Gasteiger partial charge >= 0.3 is 0 Å². The van der Waals surface area contributed by atoms with Crippen LogP contribution in [0.25, 0.3) is 11.5 Å². The van der Waals surface area contributed by atoms with E-state index in [1.807, 2.05) is 24.3 Å². The van der Waals surface area contributed by atoms with Gasteiger partial charge in [-0.25, -0.2) is 4.98 Å². The summed E-state index contributed by atoms with van der Waals surface area (Å²) in [5.41, 5.74) is 5.19. The van der Waals surface area contributed by atoms with Gasteiger partial charge in [0.1, 0.15) is 11.4 Å². The minimum Gasteiger partial charge on any atom is -0.496 e. The molecule has 1 fully saturated rings. The van der Waals surface area contributed by atoms with Crippen molar-refractivity contribution in [3.05, 3.63) is 75.3 Å². The van der Waals surface area contributed by atoms with Crippen molar-refractivity contribution in [2.75, 3.05) is 20.2 Å². The standard InChI is InChI=1S/C23H26N4O2/c1-15-16(2)21(29-3)8-7-17(15)13-27-11-9-18(14-27)20-12-22(28)26-23(25-20)19-6-4-5-10-24-19/h4-8,10,12,18H,9,11,13-14H2,1-3H3,(H,25,26,28)/t18-/m1/s1. The van der Waals surface area contributed by atoms with E-state index >= 15 is 0 Å². The number of H-pyrrole nitrogens is 1. The van der Waals surface area contributed by atoms with Crippen LogP contribution in [0.5, 0.6) is 5.75 Å². The first-order valence-electron chi connectivity index (χ1n) is 9.93. The van der Waals surface area contributed by atoms with E-state index in [0.717, 1.165) is 37.5 Å². The summed E-state index contributed by atoms with van der Waals surface area (Å²) < 4.78 is 5.43. The average molecular weight is 390 g/mol. The van der Waals surface area contributed by atoms with Crippen LogP contribution in [0, 0.1) is 13.8 Å². The van der Waals surface area contributed by atoms with Crippen LogP contribution in [-0.4, -0.2) is 40.1 Å². The highest BCUT2D eigenvalue weighted by Crippen LogP contribution is 2.30. The van der Waals surface area contributed by atoms with Crippen molar-refractivity contribution in [3.8, 4) is 17.3 Å². The molecular formula is C23H26N4O2.